The second-order valence-electron chi connectivity index (χ2n) is 6.04. The highest BCUT2D eigenvalue weighted by Gasteiger charge is 2.34. The molecule has 3 aromatic rings. The summed E-state index contributed by atoms with van der Waals surface area (Å²) >= 11 is 0. The van der Waals surface area contributed by atoms with Gasteiger partial charge in [0.2, 0.25) is 0 Å². The molecule has 128 valence electrons. The lowest BCUT2D eigenvalue weighted by Gasteiger charge is -2.12. The van der Waals surface area contributed by atoms with Crippen LogP contribution in [-0.4, -0.2) is 16.8 Å². The van der Waals surface area contributed by atoms with Crippen LogP contribution in [0.1, 0.15) is 11.1 Å². The van der Waals surface area contributed by atoms with E-state index >= 15 is 0 Å². The Morgan fingerprint density at radius 2 is 1.65 bits per heavy atom. The zero-order chi connectivity index (χ0) is 18.1. The number of nitrogens with zero attached hydrogens (tertiary/aromatic N) is 1. The maximum absolute atomic E-state index is 13.8. The molecule has 26 heavy (non-hydrogen) atoms. The van der Waals surface area contributed by atoms with Crippen LogP contribution in [-0.2, 0) is 11.3 Å². The fourth-order valence-electron chi connectivity index (χ4n) is 3.04. The monoisotopic (exact) mass is 346 g/mol. The molecule has 0 aromatic heterocycles. The SMILES string of the molecule is O=C1N/C(=C\c2cccc3ccccc23)C(=O)N1Cc1ccccc1F. The number of amides is 3. The molecule has 5 heteroatoms. The fraction of sp³-hybridized carbons (Fsp3) is 0.0476. The Kier molecular flexibility index (Phi) is 3.97. The highest BCUT2D eigenvalue weighted by atomic mass is 19.1. The topological polar surface area (TPSA) is 49.4 Å². The Labute approximate surface area is 149 Å². The number of fused-ring (bicyclic) bond motifs is 1. The van der Waals surface area contributed by atoms with E-state index in [-0.39, 0.29) is 12.2 Å². The van der Waals surface area contributed by atoms with E-state index < -0.39 is 17.8 Å². The van der Waals surface area contributed by atoms with E-state index in [1.54, 1.807) is 24.3 Å². The van der Waals surface area contributed by atoms with Gasteiger partial charge in [0.15, 0.2) is 0 Å². The van der Waals surface area contributed by atoms with Crippen LogP contribution in [0.5, 0.6) is 0 Å². The number of hydrogen-bond donors (Lipinski definition) is 1. The lowest BCUT2D eigenvalue weighted by Crippen LogP contribution is -2.30. The maximum Gasteiger partial charge on any atom is 0.329 e. The minimum absolute atomic E-state index is 0.107. The standard InChI is InChI=1S/C21H15FN2O2/c22-18-11-4-2-7-16(18)13-24-20(25)19(23-21(24)26)12-15-9-5-8-14-6-1-3-10-17(14)15/h1-12H,13H2,(H,23,26)/b19-12-. The molecule has 0 aliphatic carbocycles. The molecular weight excluding hydrogens is 331 g/mol. The first-order valence-electron chi connectivity index (χ1n) is 8.19. The third kappa shape index (κ3) is 2.84. The van der Waals surface area contributed by atoms with E-state index in [1.807, 2.05) is 42.5 Å². The first kappa shape index (κ1) is 16.0. The van der Waals surface area contributed by atoms with Gasteiger partial charge < -0.3 is 5.32 Å². The van der Waals surface area contributed by atoms with E-state index in [9.17, 15) is 14.0 Å². The molecule has 0 atom stereocenters. The molecule has 1 N–H and O–H groups in total. The lowest BCUT2D eigenvalue weighted by atomic mass is 10.0. The van der Waals surface area contributed by atoms with Gasteiger partial charge in [0, 0.05) is 5.56 Å². The first-order chi connectivity index (χ1) is 12.6. The van der Waals surface area contributed by atoms with Crippen molar-refractivity contribution in [2.24, 2.45) is 0 Å². The van der Waals surface area contributed by atoms with Gasteiger partial charge >= 0.3 is 6.03 Å². The molecule has 0 saturated carbocycles. The van der Waals surface area contributed by atoms with Gasteiger partial charge in [0.25, 0.3) is 5.91 Å². The van der Waals surface area contributed by atoms with Crippen LogP contribution >= 0.6 is 0 Å². The lowest BCUT2D eigenvalue weighted by molar-refractivity contribution is -0.123. The summed E-state index contributed by atoms with van der Waals surface area (Å²) in [6.45, 7) is -0.107. The number of urea groups is 1. The molecule has 0 bridgehead atoms. The van der Waals surface area contributed by atoms with E-state index in [4.69, 9.17) is 0 Å². The molecule has 0 radical (unpaired) electrons. The minimum Gasteiger partial charge on any atom is -0.303 e. The molecule has 1 saturated heterocycles. The quantitative estimate of drug-likeness (QED) is 0.574. The van der Waals surface area contributed by atoms with E-state index in [1.165, 1.54) is 6.07 Å². The van der Waals surface area contributed by atoms with Gasteiger partial charge in [-0.15, -0.1) is 0 Å². The van der Waals surface area contributed by atoms with Crippen LogP contribution in [0.25, 0.3) is 16.8 Å². The van der Waals surface area contributed by atoms with Crippen molar-refractivity contribution in [3.8, 4) is 0 Å². The predicted octanol–water partition coefficient (Wildman–Crippen LogP) is 4.07. The second kappa shape index (κ2) is 6.44. The van der Waals surface area contributed by atoms with Crippen molar-refractivity contribution in [1.82, 2.24) is 10.2 Å². The van der Waals surface area contributed by atoms with Crippen molar-refractivity contribution in [2.75, 3.05) is 0 Å². The highest BCUT2D eigenvalue weighted by Crippen LogP contribution is 2.23. The molecule has 0 spiro atoms. The third-order valence-electron chi connectivity index (χ3n) is 4.37. The van der Waals surface area contributed by atoms with Crippen molar-refractivity contribution < 1.29 is 14.0 Å². The Bertz CT molecular complexity index is 1050. The summed E-state index contributed by atoms with van der Waals surface area (Å²) in [6.07, 6.45) is 1.66. The molecule has 1 aliphatic rings. The summed E-state index contributed by atoms with van der Waals surface area (Å²) in [5.74, 6) is -0.911. The number of hydrogen-bond acceptors (Lipinski definition) is 2. The van der Waals surface area contributed by atoms with Crippen LogP contribution in [0, 0.1) is 5.82 Å². The van der Waals surface area contributed by atoms with Gasteiger partial charge in [-0.1, -0.05) is 60.7 Å². The van der Waals surface area contributed by atoms with Gasteiger partial charge in [-0.25, -0.2) is 9.18 Å². The van der Waals surface area contributed by atoms with Gasteiger partial charge in [-0.2, -0.15) is 0 Å². The Morgan fingerprint density at radius 3 is 2.50 bits per heavy atom. The Morgan fingerprint density at radius 1 is 0.923 bits per heavy atom. The number of rotatable bonds is 3. The van der Waals surface area contributed by atoms with Crippen molar-refractivity contribution in [2.45, 2.75) is 6.54 Å². The Balaban J connectivity index is 1.66. The number of carbonyl (C=O) groups excluding carboxylic acids is 2. The zero-order valence-corrected chi connectivity index (χ0v) is 13.8. The van der Waals surface area contributed by atoms with Gasteiger partial charge in [-0.05, 0) is 28.5 Å². The predicted molar refractivity (Wildman–Crippen MR) is 97.4 cm³/mol. The van der Waals surface area contributed by atoms with Crippen molar-refractivity contribution in [3.63, 3.8) is 0 Å². The van der Waals surface area contributed by atoms with Gasteiger partial charge in [-0.3, -0.25) is 9.69 Å². The molecular formula is C21H15FN2O2. The van der Waals surface area contributed by atoms with Gasteiger partial charge in [0.1, 0.15) is 11.5 Å². The number of imide groups is 1. The van der Waals surface area contributed by atoms with Crippen LogP contribution < -0.4 is 5.32 Å². The maximum atomic E-state index is 13.8. The van der Waals surface area contributed by atoms with Crippen LogP contribution in [0.3, 0.4) is 0 Å². The summed E-state index contributed by atoms with van der Waals surface area (Å²) < 4.78 is 13.8. The number of nitrogens with one attached hydrogen (secondary N) is 1. The molecule has 1 aliphatic heterocycles. The molecule has 4 nitrogen and oxygen atoms in total. The summed E-state index contributed by atoms with van der Waals surface area (Å²) in [5, 5.41) is 4.61. The van der Waals surface area contributed by atoms with Crippen LogP contribution in [0.15, 0.2) is 72.4 Å². The van der Waals surface area contributed by atoms with Crippen LogP contribution in [0.2, 0.25) is 0 Å². The third-order valence-corrected chi connectivity index (χ3v) is 4.37. The summed E-state index contributed by atoms with van der Waals surface area (Å²) in [5.41, 5.74) is 1.31. The molecule has 3 amide bonds. The molecule has 1 heterocycles. The highest BCUT2D eigenvalue weighted by molar-refractivity contribution is 6.14. The van der Waals surface area contributed by atoms with E-state index in [2.05, 4.69) is 5.32 Å². The average molecular weight is 346 g/mol. The fourth-order valence-corrected chi connectivity index (χ4v) is 3.04. The normalized spacial score (nSPS) is 15.7. The molecule has 0 unspecified atom stereocenters. The summed E-state index contributed by atoms with van der Waals surface area (Å²) in [4.78, 5) is 25.8. The number of carbonyl (C=O) groups is 2. The van der Waals surface area contributed by atoms with Crippen molar-refractivity contribution in [1.29, 1.82) is 0 Å². The number of halogens is 1. The molecule has 3 aromatic carbocycles. The second-order valence-corrected chi connectivity index (χ2v) is 6.04. The zero-order valence-electron chi connectivity index (χ0n) is 13.8. The summed E-state index contributed by atoms with van der Waals surface area (Å²) in [7, 11) is 0. The first-order valence-corrected chi connectivity index (χ1v) is 8.19. The van der Waals surface area contributed by atoms with E-state index in [0.29, 0.717) is 5.56 Å². The summed E-state index contributed by atoms with van der Waals surface area (Å²) in [6, 6.07) is 19.1. The smallest absolute Gasteiger partial charge is 0.303 e. The molecule has 1 fully saturated rings. The van der Waals surface area contributed by atoms with Gasteiger partial charge in [0.05, 0.1) is 6.54 Å². The average Bonchev–Trinajstić information content (AvgIpc) is 2.91. The van der Waals surface area contributed by atoms with Crippen molar-refractivity contribution in [3.05, 3.63) is 89.4 Å². The van der Waals surface area contributed by atoms with Crippen LogP contribution in [0.4, 0.5) is 9.18 Å². The van der Waals surface area contributed by atoms with Crippen molar-refractivity contribution >= 4 is 28.8 Å². The largest absolute Gasteiger partial charge is 0.329 e. The van der Waals surface area contributed by atoms with E-state index in [0.717, 1.165) is 21.2 Å². The Hall–Kier alpha value is -3.47. The minimum atomic E-state index is -0.551. The molecule has 4 rings (SSSR count). The number of benzene rings is 3.